The fourth-order valence-corrected chi connectivity index (χ4v) is 5.52. The zero-order chi connectivity index (χ0) is 25.7. The van der Waals surface area contributed by atoms with Gasteiger partial charge in [-0.15, -0.1) is 0 Å². The van der Waals surface area contributed by atoms with Crippen molar-refractivity contribution in [1.82, 2.24) is 19.6 Å². The Hall–Kier alpha value is -2.26. The molecule has 8 heteroatoms. The van der Waals surface area contributed by atoms with Crippen LogP contribution in [0.2, 0.25) is 0 Å². The number of hydrogen-bond acceptors (Lipinski definition) is 5. The summed E-state index contributed by atoms with van der Waals surface area (Å²) in [6.45, 7) is 10.5. The number of alkyl halides is 3. The minimum Gasteiger partial charge on any atom is -0.298 e. The van der Waals surface area contributed by atoms with Gasteiger partial charge < -0.3 is 0 Å². The van der Waals surface area contributed by atoms with Gasteiger partial charge in [-0.25, -0.2) is 0 Å². The van der Waals surface area contributed by atoms with E-state index in [0.29, 0.717) is 43.8 Å². The van der Waals surface area contributed by atoms with Crippen molar-refractivity contribution in [2.45, 2.75) is 51.7 Å². The van der Waals surface area contributed by atoms with Gasteiger partial charge in [0.25, 0.3) is 0 Å². The van der Waals surface area contributed by atoms with Crippen LogP contribution in [0, 0.1) is 0 Å². The summed E-state index contributed by atoms with van der Waals surface area (Å²) in [5.74, 6) is 0. The first-order valence-corrected chi connectivity index (χ1v) is 12.8. The third-order valence-corrected chi connectivity index (χ3v) is 7.33. The normalized spacial score (nSPS) is 23.1. The van der Waals surface area contributed by atoms with Crippen molar-refractivity contribution in [2.24, 2.45) is 0 Å². The first-order valence-electron chi connectivity index (χ1n) is 12.8. The van der Waals surface area contributed by atoms with Gasteiger partial charge in [0.2, 0.25) is 0 Å². The molecule has 2 fully saturated rings. The van der Waals surface area contributed by atoms with E-state index in [2.05, 4.69) is 52.8 Å². The highest BCUT2D eigenvalue weighted by atomic mass is 19.4. The number of rotatable bonds is 8. The SMILES string of the molecule is CC1CN(Cc2ccc(C=O)cc2)CC(C)N1Cc1cccc(CN2CCN(CC(F)(F)F)CC2)c1. The lowest BCUT2D eigenvalue weighted by Gasteiger charge is -2.44. The molecule has 0 aromatic heterocycles. The molecule has 0 radical (unpaired) electrons. The molecule has 0 spiro atoms. The molecule has 2 aromatic rings. The number of benzene rings is 2. The number of carbonyl (C=O) groups excluding carboxylic acids is 1. The summed E-state index contributed by atoms with van der Waals surface area (Å²) >= 11 is 0. The molecule has 5 nitrogen and oxygen atoms in total. The maximum absolute atomic E-state index is 12.6. The van der Waals surface area contributed by atoms with Crippen LogP contribution in [0.5, 0.6) is 0 Å². The lowest BCUT2D eigenvalue weighted by atomic mass is 10.0. The van der Waals surface area contributed by atoms with Gasteiger partial charge in [-0.2, -0.15) is 13.2 Å². The Bertz CT molecular complexity index is 977. The third kappa shape index (κ3) is 7.62. The van der Waals surface area contributed by atoms with Gasteiger partial charge in [-0.3, -0.25) is 24.4 Å². The van der Waals surface area contributed by atoms with Crippen LogP contribution in [0.25, 0.3) is 0 Å². The topological polar surface area (TPSA) is 30.0 Å². The predicted molar refractivity (Wildman–Crippen MR) is 136 cm³/mol. The Labute approximate surface area is 212 Å². The zero-order valence-electron chi connectivity index (χ0n) is 21.3. The van der Waals surface area contributed by atoms with Crippen molar-refractivity contribution in [3.05, 3.63) is 70.8 Å². The van der Waals surface area contributed by atoms with E-state index in [-0.39, 0.29) is 0 Å². The summed E-state index contributed by atoms with van der Waals surface area (Å²) in [5.41, 5.74) is 4.42. The Morgan fingerprint density at radius 3 is 1.92 bits per heavy atom. The van der Waals surface area contributed by atoms with Gasteiger partial charge in [0.15, 0.2) is 0 Å². The van der Waals surface area contributed by atoms with Crippen LogP contribution in [-0.4, -0.2) is 90.0 Å². The highest BCUT2D eigenvalue weighted by molar-refractivity contribution is 5.74. The molecule has 2 saturated heterocycles. The van der Waals surface area contributed by atoms with E-state index in [1.165, 1.54) is 21.6 Å². The smallest absolute Gasteiger partial charge is 0.298 e. The van der Waals surface area contributed by atoms with Crippen LogP contribution in [0.4, 0.5) is 13.2 Å². The van der Waals surface area contributed by atoms with Gasteiger partial charge in [-0.1, -0.05) is 48.5 Å². The largest absolute Gasteiger partial charge is 0.401 e. The first-order chi connectivity index (χ1) is 17.2. The van der Waals surface area contributed by atoms with E-state index in [9.17, 15) is 18.0 Å². The molecule has 2 heterocycles. The van der Waals surface area contributed by atoms with E-state index in [0.717, 1.165) is 39.0 Å². The van der Waals surface area contributed by atoms with E-state index >= 15 is 0 Å². The molecule has 2 aromatic carbocycles. The van der Waals surface area contributed by atoms with Crippen LogP contribution in [-0.2, 0) is 19.6 Å². The molecule has 2 aliphatic rings. The molecule has 0 saturated carbocycles. The average Bonchev–Trinajstić information content (AvgIpc) is 2.83. The second kappa shape index (κ2) is 11.9. The molecular weight excluding hydrogens is 465 g/mol. The molecule has 2 unspecified atom stereocenters. The van der Waals surface area contributed by atoms with Crippen LogP contribution in [0.1, 0.15) is 40.9 Å². The maximum Gasteiger partial charge on any atom is 0.401 e. The first kappa shape index (κ1) is 26.8. The summed E-state index contributed by atoms with van der Waals surface area (Å²) in [6, 6.07) is 17.3. The summed E-state index contributed by atoms with van der Waals surface area (Å²) in [6.07, 6.45) is -3.25. The van der Waals surface area contributed by atoms with Crippen molar-refractivity contribution in [2.75, 3.05) is 45.8 Å². The molecular formula is C28H37F3N4O. The van der Waals surface area contributed by atoms with Crippen molar-refractivity contribution in [3.63, 3.8) is 0 Å². The number of hydrogen-bond donors (Lipinski definition) is 0. The van der Waals surface area contributed by atoms with Crippen molar-refractivity contribution >= 4 is 6.29 Å². The lowest BCUT2D eigenvalue weighted by molar-refractivity contribution is -0.149. The minimum atomic E-state index is -4.13. The van der Waals surface area contributed by atoms with Crippen molar-refractivity contribution in [3.8, 4) is 0 Å². The highest BCUT2D eigenvalue weighted by Gasteiger charge is 2.32. The molecule has 0 amide bonds. The van der Waals surface area contributed by atoms with E-state index in [1.54, 1.807) is 0 Å². The number of piperazine rings is 2. The van der Waals surface area contributed by atoms with Crippen LogP contribution in [0.3, 0.4) is 0 Å². The van der Waals surface area contributed by atoms with Gasteiger partial charge in [-0.05, 0) is 30.5 Å². The molecule has 36 heavy (non-hydrogen) atoms. The zero-order valence-corrected chi connectivity index (χ0v) is 21.3. The third-order valence-electron chi connectivity index (χ3n) is 7.33. The lowest BCUT2D eigenvalue weighted by Crippen LogP contribution is -2.55. The summed E-state index contributed by atoms with van der Waals surface area (Å²) < 4.78 is 37.9. The number of carbonyl (C=O) groups is 1. The van der Waals surface area contributed by atoms with Crippen molar-refractivity contribution in [1.29, 1.82) is 0 Å². The summed E-state index contributed by atoms with van der Waals surface area (Å²) in [5, 5.41) is 0. The van der Waals surface area contributed by atoms with Crippen molar-refractivity contribution < 1.29 is 18.0 Å². The van der Waals surface area contributed by atoms with E-state index in [1.807, 2.05) is 24.3 Å². The fraction of sp³-hybridized carbons (Fsp3) is 0.536. The van der Waals surface area contributed by atoms with Crippen LogP contribution < -0.4 is 0 Å². The Kier molecular flexibility index (Phi) is 8.83. The second-order valence-corrected chi connectivity index (χ2v) is 10.4. The van der Waals surface area contributed by atoms with Gasteiger partial charge in [0, 0.05) is 76.5 Å². The van der Waals surface area contributed by atoms with E-state index in [4.69, 9.17) is 0 Å². The van der Waals surface area contributed by atoms with Crippen LogP contribution >= 0.6 is 0 Å². The molecule has 0 N–H and O–H groups in total. The standard InChI is InChI=1S/C28H37F3N4O/c1-22-15-34(17-24-6-8-25(20-36)9-7-24)16-23(2)35(22)19-27-5-3-4-26(14-27)18-32-10-12-33(13-11-32)21-28(29,30)31/h3-9,14,20,22-23H,10-13,15-19,21H2,1-2H3. The van der Waals surface area contributed by atoms with Gasteiger partial charge in [0.1, 0.15) is 6.29 Å². The minimum absolute atomic E-state index is 0.411. The summed E-state index contributed by atoms with van der Waals surface area (Å²) in [4.78, 5) is 19.7. The molecule has 2 atom stereocenters. The Morgan fingerprint density at radius 2 is 1.33 bits per heavy atom. The van der Waals surface area contributed by atoms with Gasteiger partial charge >= 0.3 is 6.18 Å². The van der Waals surface area contributed by atoms with E-state index < -0.39 is 12.7 Å². The molecule has 4 rings (SSSR count). The quantitative estimate of drug-likeness (QED) is 0.503. The fourth-order valence-electron chi connectivity index (χ4n) is 5.52. The number of halogens is 3. The van der Waals surface area contributed by atoms with Gasteiger partial charge in [0.05, 0.1) is 6.54 Å². The average molecular weight is 503 g/mol. The Morgan fingerprint density at radius 1 is 0.778 bits per heavy atom. The second-order valence-electron chi connectivity index (χ2n) is 10.4. The predicted octanol–water partition coefficient (Wildman–Crippen LogP) is 4.27. The molecule has 0 aliphatic carbocycles. The van der Waals surface area contributed by atoms with Crippen LogP contribution in [0.15, 0.2) is 48.5 Å². The summed E-state index contributed by atoms with van der Waals surface area (Å²) in [7, 11) is 0. The highest BCUT2D eigenvalue weighted by Crippen LogP contribution is 2.22. The number of nitrogens with zero attached hydrogens (tertiary/aromatic N) is 4. The molecule has 2 aliphatic heterocycles. The monoisotopic (exact) mass is 502 g/mol. The maximum atomic E-state index is 12.6. The molecule has 0 bridgehead atoms. The molecule has 196 valence electrons. The Balaban J connectivity index is 1.28. The number of aldehydes is 1.